The number of aliphatic hydroxyl groups excluding tert-OH is 1. The van der Waals surface area contributed by atoms with Crippen LogP contribution in [0.5, 0.6) is 0 Å². The van der Waals surface area contributed by atoms with Gasteiger partial charge in [-0.15, -0.1) is 5.48 Å². The first-order valence-corrected chi connectivity index (χ1v) is 2.41. The molecule has 0 amide bonds. The summed E-state index contributed by atoms with van der Waals surface area (Å²) >= 11 is 0. The molecule has 0 radical (unpaired) electrons. The van der Waals surface area contributed by atoms with Crippen molar-refractivity contribution in [2.24, 2.45) is 0 Å². The van der Waals surface area contributed by atoms with Gasteiger partial charge in [0, 0.05) is 0 Å². The summed E-state index contributed by atoms with van der Waals surface area (Å²) in [6, 6.07) is -1.26. The van der Waals surface area contributed by atoms with Gasteiger partial charge < -0.3 is 15.1 Å². The minimum Gasteiger partial charge on any atom is -0.480 e. The Morgan fingerprint density at radius 1 is 1.80 bits per heavy atom. The van der Waals surface area contributed by atoms with E-state index in [1.807, 2.05) is 0 Å². The molecule has 0 fully saturated rings. The summed E-state index contributed by atoms with van der Waals surface area (Å²) in [4.78, 5) is 23.4. The molecular formula is C4H7NO5. The zero-order valence-electron chi connectivity index (χ0n) is 4.98. The van der Waals surface area contributed by atoms with Gasteiger partial charge in [-0.05, 0) is 0 Å². The monoisotopic (exact) mass is 149 g/mol. The standard InChI is InChI=1S/C4H7NO5/c6-1-3(4(8)9)5-10-2-7/h2-3,5-6H,1H2,(H,8,9)/t3-/m0/s1. The van der Waals surface area contributed by atoms with Crippen molar-refractivity contribution in [2.45, 2.75) is 6.04 Å². The number of hydrogen-bond donors (Lipinski definition) is 3. The van der Waals surface area contributed by atoms with Gasteiger partial charge in [-0.2, -0.15) is 0 Å². The maximum absolute atomic E-state index is 10.0. The minimum absolute atomic E-state index is 0.0333. The second-order valence-electron chi connectivity index (χ2n) is 1.41. The molecule has 0 saturated heterocycles. The summed E-state index contributed by atoms with van der Waals surface area (Å²) in [6.07, 6.45) is 0. The van der Waals surface area contributed by atoms with Crippen molar-refractivity contribution >= 4 is 12.4 Å². The van der Waals surface area contributed by atoms with E-state index >= 15 is 0 Å². The van der Waals surface area contributed by atoms with E-state index in [1.165, 1.54) is 0 Å². The van der Waals surface area contributed by atoms with Gasteiger partial charge in [0.15, 0.2) is 6.04 Å². The highest BCUT2D eigenvalue weighted by molar-refractivity contribution is 5.73. The summed E-state index contributed by atoms with van der Waals surface area (Å²) in [5.74, 6) is -1.29. The predicted molar refractivity (Wildman–Crippen MR) is 28.8 cm³/mol. The summed E-state index contributed by atoms with van der Waals surface area (Å²) < 4.78 is 0. The third-order valence-corrected chi connectivity index (χ3v) is 0.739. The third-order valence-electron chi connectivity index (χ3n) is 0.739. The summed E-state index contributed by atoms with van der Waals surface area (Å²) in [7, 11) is 0. The fourth-order valence-corrected chi connectivity index (χ4v) is 0.276. The molecule has 0 bridgehead atoms. The minimum atomic E-state index is -1.29. The zero-order chi connectivity index (χ0) is 7.98. The van der Waals surface area contributed by atoms with Crippen molar-refractivity contribution in [1.29, 1.82) is 0 Å². The SMILES string of the molecule is O=CON[C@@H](CO)C(=O)O. The summed E-state index contributed by atoms with van der Waals surface area (Å²) in [5.41, 5.74) is 1.80. The number of aliphatic carboxylic acids is 1. The van der Waals surface area contributed by atoms with E-state index in [0.29, 0.717) is 0 Å². The Hall–Kier alpha value is -1.14. The first-order valence-electron chi connectivity index (χ1n) is 2.41. The Balaban J connectivity index is 3.60. The van der Waals surface area contributed by atoms with Crippen molar-refractivity contribution in [3.8, 4) is 0 Å². The highest BCUT2D eigenvalue weighted by atomic mass is 16.7. The molecule has 10 heavy (non-hydrogen) atoms. The van der Waals surface area contributed by atoms with Gasteiger partial charge >= 0.3 is 12.4 Å². The topological polar surface area (TPSA) is 95.9 Å². The Bertz CT molecular complexity index is 125. The Kier molecular flexibility index (Phi) is 4.17. The summed E-state index contributed by atoms with van der Waals surface area (Å²) in [6.45, 7) is -0.602. The number of hydrogen-bond acceptors (Lipinski definition) is 5. The molecule has 58 valence electrons. The first kappa shape index (κ1) is 8.86. The van der Waals surface area contributed by atoms with E-state index in [0.717, 1.165) is 0 Å². The number of carboxylic acid groups (broad SMARTS) is 1. The van der Waals surface area contributed by atoms with E-state index in [2.05, 4.69) is 4.84 Å². The maximum Gasteiger partial charge on any atom is 0.326 e. The Morgan fingerprint density at radius 2 is 2.40 bits per heavy atom. The van der Waals surface area contributed by atoms with Crippen molar-refractivity contribution in [2.75, 3.05) is 6.61 Å². The normalized spacial score (nSPS) is 12.1. The van der Waals surface area contributed by atoms with Crippen molar-refractivity contribution in [1.82, 2.24) is 5.48 Å². The molecule has 0 spiro atoms. The number of carbonyl (C=O) groups excluding carboxylic acids is 1. The van der Waals surface area contributed by atoms with Crippen LogP contribution in [-0.2, 0) is 14.4 Å². The van der Waals surface area contributed by atoms with E-state index < -0.39 is 18.6 Å². The fraction of sp³-hybridized carbons (Fsp3) is 0.500. The molecule has 0 aliphatic carbocycles. The maximum atomic E-state index is 10.0. The van der Waals surface area contributed by atoms with Crippen molar-refractivity contribution in [3.63, 3.8) is 0 Å². The van der Waals surface area contributed by atoms with Crippen molar-refractivity contribution < 1.29 is 24.6 Å². The largest absolute Gasteiger partial charge is 0.480 e. The lowest BCUT2D eigenvalue weighted by Crippen LogP contribution is -2.39. The molecule has 0 unspecified atom stereocenters. The fourth-order valence-electron chi connectivity index (χ4n) is 0.276. The van der Waals surface area contributed by atoms with E-state index in [-0.39, 0.29) is 6.47 Å². The average molecular weight is 149 g/mol. The molecular weight excluding hydrogens is 142 g/mol. The zero-order valence-corrected chi connectivity index (χ0v) is 4.98. The molecule has 0 aromatic heterocycles. The molecule has 1 atom stereocenters. The van der Waals surface area contributed by atoms with Gasteiger partial charge in [-0.25, -0.2) is 0 Å². The van der Waals surface area contributed by atoms with Crippen LogP contribution in [0.15, 0.2) is 0 Å². The van der Waals surface area contributed by atoms with Gasteiger partial charge in [0.1, 0.15) is 0 Å². The second-order valence-corrected chi connectivity index (χ2v) is 1.41. The Labute approximate surface area is 56.4 Å². The molecule has 6 heteroatoms. The van der Waals surface area contributed by atoms with Gasteiger partial charge in [0.25, 0.3) is 0 Å². The summed E-state index contributed by atoms with van der Waals surface area (Å²) in [5, 5.41) is 16.5. The third kappa shape index (κ3) is 3.00. The lowest BCUT2D eigenvalue weighted by molar-refractivity contribution is -0.150. The van der Waals surface area contributed by atoms with Crippen LogP contribution in [0.3, 0.4) is 0 Å². The number of rotatable bonds is 5. The number of carbonyl (C=O) groups is 2. The predicted octanol–water partition coefficient (Wildman–Crippen LogP) is -1.89. The molecule has 0 heterocycles. The van der Waals surface area contributed by atoms with Crippen LogP contribution in [0.25, 0.3) is 0 Å². The second kappa shape index (κ2) is 4.71. The molecule has 0 saturated carbocycles. The lowest BCUT2D eigenvalue weighted by atomic mass is 10.3. The van der Waals surface area contributed by atoms with Gasteiger partial charge in [-0.3, -0.25) is 9.59 Å². The highest BCUT2D eigenvalue weighted by Gasteiger charge is 2.15. The van der Waals surface area contributed by atoms with Crippen LogP contribution in [0.1, 0.15) is 0 Å². The molecule has 0 aliphatic heterocycles. The number of carboxylic acids is 1. The molecule has 6 nitrogen and oxygen atoms in total. The quantitative estimate of drug-likeness (QED) is 0.312. The van der Waals surface area contributed by atoms with Crippen LogP contribution in [0.4, 0.5) is 0 Å². The molecule has 0 rings (SSSR count). The average Bonchev–Trinajstić information content (AvgIpc) is 1.89. The number of aliphatic hydroxyl groups is 1. The molecule has 0 aromatic rings. The number of hydroxylamine groups is 1. The van der Waals surface area contributed by atoms with Crippen molar-refractivity contribution in [3.05, 3.63) is 0 Å². The Morgan fingerprint density at radius 3 is 2.70 bits per heavy atom. The van der Waals surface area contributed by atoms with Crippen LogP contribution >= 0.6 is 0 Å². The van der Waals surface area contributed by atoms with Gasteiger partial charge in [0.2, 0.25) is 0 Å². The smallest absolute Gasteiger partial charge is 0.326 e. The van der Waals surface area contributed by atoms with Crippen LogP contribution < -0.4 is 5.48 Å². The number of nitrogens with one attached hydrogen (secondary N) is 1. The molecule has 0 aliphatic rings. The van der Waals surface area contributed by atoms with E-state index in [9.17, 15) is 9.59 Å². The first-order chi connectivity index (χ1) is 4.72. The lowest BCUT2D eigenvalue weighted by Gasteiger charge is -2.06. The highest BCUT2D eigenvalue weighted by Crippen LogP contribution is 1.79. The van der Waals surface area contributed by atoms with Gasteiger partial charge in [-0.1, -0.05) is 0 Å². The van der Waals surface area contributed by atoms with Crippen LogP contribution in [0.2, 0.25) is 0 Å². The van der Waals surface area contributed by atoms with Crippen LogP contribution in [-0.4, -0.2) is 35.3 Å². The van der Waals surface area contributed by atoms with E-state index in [4.69, 9.17) is 10.2 Å². The molecule has 0 aromatic carbocycles. The molecule has 3 N–H and O–H groups in total. The van der Waals surface area contributed by atoms with Crippen LogP contribution in [0, 0.1) is 0 Å². The van der Waals surface area contributed by atoms with E-state index in [1.54, 1.807) is 5.48 Å². The van der Waals surface area contributed by atoms with Gasteiger partial charge in [0.05, 0.1) is 6.61 Å².